The second kappa shape index (κ2) is 10.4. The number of likely N-dealkylation sites (N-methyl/N-ethyl adjacent to an activating group) is 1. The van der Waals surface area contributed by atoms with Gasteiger partial charge in [0.15, 0.2) is 0 Å². The quantitative estimate of drug-likeness (QED) is 0.669. The Balaban J connectivity index is 1.66. The van der Waals surface area contributed by atoms with Crippen LogP contribution in [0, 0.1) is 18.6 Å². The van der Waals surface area contributed by atoms with Crippen LogP contribution in [0.3, 0.4) is 0 Å². The molecule has 2 amide bonds. The van der Waals surface area contributed by atoms with Crippen molar-refractivity contribution in [2.75, 3.05) is 26.7 Å². The van der Waals surface area contributed by atoms with E-state index in [0.717, 1.165) is 23.4 Å². The third-order valence-corrected chi connectivity index (χ3v) is 4.23. The van der Waals surface area contributed by atoms with Gasteiger partial charge in [0.25, 0.3) is 5.91 Å². The largest absolute Gasteiger partial charge is 0.491 e. The van der Waals surface area contributed by atoms with Gasteiger partial charge in [0.05, 0.1) is 12.1 Å². The minimum Gasteiger partial charge on any atom is -0.491 e. The van der Waals surface area contributed by atoms with Crippen LogP contribution >= 0.6 is 0 Å². The lowest BCUT2D eigenvalue weighted by atomic mass is 10.2. The second-order valence-electron chi connectivity index (χ2n) is 6.41. The van der Waals surface area contributed by atoms with E-state index in [1.165, 1.54) is 0 Å². The highest BCUT2D eigenvalue weighted by Crippen LogP contribution is 2.15. The molecular formula is C21H24F2N2O3. The number of nitrogens with one attached hydrogen (secondary N) is 1. The van der Waals surface area contributed by atoms with Gasteiger partial charge in [-0.25, -0.2) is 8.78 Å². The molecule has 150 valence electrons. The first-order chi connectivity index (χ1) is 13.4. The molecule has 0 radical (unpaired) electrons. The Bertz CT molecular complexity index is 827. The Morgan fingerprint density at radius 1 is 1.14 bits per heavy atom. The third kappa shape index (κ3) is 6.33. The fourth-order valence-corrected chi connectivity index (χ4v) is 2.54. The topological polar surface area (TPSA) is 58.6 Å². The maximum absolute atomic E-state index is 13.5. The van der Waals surface area contributed by atoms with E-state index in [0.29, 0.717) is 25.6 Å². The summed E-state index contributed by atoms with van der Waals surface area (Å²) in [7, 11) is 1.69. The van der Waals surface area contributed by atoms with E-state index in [9.17, 15) is 18.4 Å². The highest BCUT2D eigenvalue weighted by molar-refractivity contribution is 5.94. The lowest BCUT2D eigenvalue weighted by molar-refractivity contribution is -0.130. The van der Waals surface area contributed by atoms with Crippen molar-refractivity contribution in [3.05, 3.63) is 65.2 Å². The number of para-hydroxylation sites is 1. The van der Waals surface area contributed by atoms with Gasteiger partial charge in [-0.15, -0.1) is 0 Å². The predicted octanol–water partition coefficient (Wildman–Crippen LogP) is 3.32. The van der Waals surface area contributed by atoms with Crippen molar-refractivity contribution in [3.8, 4) is 5.75 Å². The van der Waals surface area contributed by atoms with Crippen LogP contribution in [0.4, 0.5) is 8.78 Å². The highest BCUT2D eigenvalue weighted by Gasteiger charge is 2.13. The van der Waals surface area contributed by atoms with Crippen molar-refractivity contribution >= 4 is 11.8 Å². The molecule has 0 aromatic heterocycles. The van der Waals surface area contributed by atoms with E-state index in [1.807, 2.05) is 31.2 Å². The van der Waals surface area contributed by atoms with E-state index in [4.69, 9.17) is 4.74 Å². The number of nitrogens with zero attached hydrogens (tertiary/aromatic N) is 1. The van der Waals surface area contributed by atoms with Crippen molar-refractivity contribution in [1.29, 1.82) is 0 Å². The number of carbonyl (C=O) groups excluding carboxylic acids is 2. The molecular weight excluding hydrogens is 366 g/mol. The summed E-state index contributed by atoms with van der Waals surface area (Å²) < 4.78 is 32.1. The Labute approximate surface area is 163 Å². The van der Waals surface area contributed by atoms with Crippen molar-refractivity contribution in [3.63, 3.8) is 0 Å². The molecule has 0 unspecified atom stereocenters. The van der Waals surface area contributed by atoms with Gasteiger partial charge in [0.1, 0.15) is 24.0 Å². The number of amides is 2. The van der Waals surface area contributed by atoms with Crippen LogP contribution in [-0.4, -0.2) is 43.5 Å². The SMILES string of the molecule is Cc1ccccc1OCCN(C)C(=O)CCCNC(=O)c1ccc(F)cc1F. The summed E-state index contributed by atoms with van der Waals surface area (Å²) in [6.45, 7) is 3.00. The first-order valence-electron chi connectivity index (χ1n) is 9.04. The van der Waals surface area contributed by atoms with Crippen molar-refractivity contribution in [1.82, 2.24) is 10.2 Å². The Hall–Kier alpha value is -2.96. The molecule has 0 saturated heterocycles. The number of ether oxygens (including phenoxy) is 1. The molecule has 2 aromatic carbocycles. The molecule has 2 rings (SSSR count). The van der Waals surface area contributed by atoms with E-state index in [1.54, 1.807) is 11.9 Å². The molecule has 1 N–H and O–H groups in total. The van der Waals surface area contributed by atoms with Crippen LogP contribution in [0.15, 0.2) is 42.5 Å². The van der Waals surface area contributed by atoms with Gasteiger partial charge in [-0.05, 0) is 37.1 Å². The van der Waals surface area contributed by atoms with Gasteiger partial charge in [-0.1, -0.05) is 18.2 Å². The van der Waals surface area contributed by atoms with E-state index in [2.05, 4.69) is 5.32 Å². The average Bonchev–Trinajstić information content (AvgIpc) is 2.66. The Kier molecular flexibility index (Phi) is 7.92. The van der Waals surface area contributed by atoms with Crippen LogP contribution in [0.1, 0.15) is 28.8 Å². The zero-order chi connectivity index (χ0) is 20.5. The minimum atomic E-state index is -0.915. The van der Waals surface area contributed by atoms with Gasteiger partial charge in [-0.2, -0.15) is 0 Å². The molecule has 5 nitrogen and oxygen atoms in total. The molecule has 0 atom stereocenters. The standard InChI is InChI=1S/C21H24F2N2O3/c1-15-6-3-4-7-19(15)28-13-12-25(2)20(26)8-5-11-24-21(27)17-10-9-16(22)14-18(17)23/h3-4,6-7,9-10,14H,5,8,11-13H2,1-2H3,(H,24,27). The zero-order valence-electron chi connectivity index (χ0n) is 16.0. The average molecular weight is 390 g/mol. The molecule has 28 heavy (non-hydrogen) atoms. The molecule has 0 heterocycles. The van der Waals surface area contributed by atoms with Gasteiger partial charge in [-0.3, -0.25) is 9.59 Å². The van der Waals surface area contributed by atoms with Crippen LogP contribution in [0.2, 0.25) is 0 Å². The fourth-order valence-electron chi connectivity index (χ4n) is 2.54. The number of aryl methyl sites for hydroxylation is 1. The van der Waals surface area contributed by atoms with Crippen LogP contribution in [0.25, 0.3) is 0 Å². The first kappa shape index (κ1) is 21.3. The highest BCUT2D eigenvalue weighted by atomic mass is 19.1. The fraction of sp³-hybridized carbons (Fsp3) is 0.333. The number of benzene rings is 2. The second-order valence-corrected chi connectivity index (χ2v) is 6.41. The monoisotopic (exact) mass is 390 g/mol. The smallest absolute Gasteiger partial charge is 0.254 e. The minimum absolute atomic E-state index is 0.0735. The lowest BCUT2D eigenvalue weighted by Gasteiger charge is -2.18. The van der Waals surface area contributed by atoms with Gasteiger partial charge in [0, 0.05) is 26.1 Å². The normalized spacial score (nSPS) is 10.4. The number of carbonyl (C=O) groups is 2. The molecule has 0 spiro atoms. The summed E-state index contributed by atoms with van der Waals surface area (Å²) in [5.74, 6) is -1.57. The van der Waals surface area contributed by atoms with Crippen molar-refractivity contribution < 1.29 is 23.1 Å². The maximum Gasteiger partial charge on any atom is 0.254 e. The first-order valence-corrected chi connectivity index (χ1v) is 9.04. The number of hydrogen-bond donors (Lipinski definition) is 1. The molecule has 0 fully saturated rings. The van der Waals surface area contributed by atoms with Gasteiger partial charge in [0.2, 0.25) is 5.91 Å². The summed E-state index contributed by atoms with van der Waals surface area (Å²) in [6, 6.07) is 10.4. The lowest BCUT2D eigenvalue weighted by Crippen LogP contribution is -2.32. The number of rotatable bonds is 9. The molecule has 0 saturated carbocycles. The third-order valence-electron chi connectivity index (χ3n) is 4.23. The van der Waals surface area contributed by atoms with Crippen LogP contribution < -0.4 is 10.1 Å². The van der Waals surface area contributed by atoms with E-state index < -0.39 is 17.5 Å². The van der Waals surface area contributed by atoms with Crippen LogP contribution in [0.5, 0.6) is 5.75 Å². The number of hydrogen-bond acceptors (Lipinski definition) is 3. The van der Waals surface area contributed by atoms with Gasteiger partial charge < -0.3 is 15.0 Å². The predicted molar refractivity (Wildman–Crippen MR) is 102 cm³/mol. The molecule has 0 aliphatic heterocycles. The van der Waals surface area contributed by atoms with Crippen LogP contribution in [-0.2, 0) is 4.79 Å². The number of halogens is 2. The Morgan fingerprint density at radius 2 is 1.89 bits per heavy atom. The summed E-state index contributed by atoms with van der Waals surface area (Å²) >= 11 is 0. The summed E-state index contributed by atoms with van der Waals surface area (Å²) in [4.78, 5) is 25.6. The molecule has 0 aliphatic rings. The van der Waals surface area contributed by atoms with E-state index >= 15 is 0 Å². The zero-order valence-corrected chi connectivity index (χ0v) is 16.0. The maximum atomic E-state index is 13.5. The summed E-state index contributed by atoms with van der Waals surface area (Å²) in [6.07, 6.45) is 0.656. The molecule has 0 bridgehead atoms. The Morgan fingerprint density at radius 3 is 2.61 bits per heavy atom. The van der Waals surface area contributed by atoms with Crippen molar-refractivity contribution in [2.24, 2.45) is 0 Å². The van der Waals surface area contributed by atoms with Crippen molar-refractivity contribution in [2.45, 2.75) is 19.8 Å². The summed E-state index contributed by atoms with van der Waals surface area (Å²) in [5.41, 5.74) is 0.808. The van der Waals surface area contributed by atoms with E-state index in [-0.39, 0.29) is 24.4 Å². The molecule has 0 aliphatic carbocycles. The van der Waals surface area contributed by atoms with Gasteiger partial charge >= 0.3 is 0 Å². The molecule has 2 aromatic rings. The molecule has 7 heteroatoms. The summed E-state index contributed by atoms with van der Waals surface area (Å²) in [5, 5.41) is 2.53.